The molecule has 2 atom stereocenters. The number of rotatable bonds is 6. The van der Waals surface area contributed by atoms with Crippen molar-refractivity contribution in [2.24, 2.45) is 0 Å². The van der Waals surface area contributed by atoms with Crippen LogP contribution in [-0.4, -0.2) is 34.9 Å². The van der Waals surface area contributed by atoms with Gasteiger partial charge in [-0.15, -0.1) is 0 Å². The van der Waals surface area contributed by atoms with Gasteiger partial charge in [0.2, 0.25) is 5.82 Å². The number of fused-ring (bicyclic) bond motifs is 1. The molecule has 0 bridgehead atoms. The first-order chi connectivity index (χ1) is 14.0. The van der Waals surface area contributed by atoms with Gasteiger partial charge in [0.25, 0.3) is 11.8 Å². The van der Waals surface area contributed by atoms with Crippen molar-refractivity contribution in [3.63, 3.8) is 0 Å². The van der Waals surface area contributed by atoms with Crippen LogP contribution >= 0.6 is 0 Å². The van der Waals surface area contributed by atoms with Gasteiger partial charge in [-0.05, 0) is 30.7 Å². The summed E-state index contributed by atoms with van der Waals surface area (Å²) in [5, 5.41) is 16.7. The van der Waals surface area contributed by atoms with Crippen molar-refractivity contribution in [2.75, 3.05) is 13.7 Å². The minimum Gasteiger partial charge on any atom is -0.491 e. The number of carbonyl (C=O) groups is 1. The fourth-order valence-corrected chi connectivity index (χ4v) is 3.20. The number of amides is 1. The van der Waals surface area contributed by atoms with Gasteiger partial charge in [-0.3, -0.25) is 4.79 Å². The molecular formula is C21H21N3O5. The molecule has 8 nitrogen and oxygen atoms in total. The van der Waals surface area contributed by atoms with Gasteiger partial charge in [0.15, 0.2) is 0 Å². The molecule has 1 aromatic heterocycles. The van der Waals surface area contributed by atoms with Gasteiger partial charge in [0.1, 0.15) is 19.0 Å². The number of ether oxygens (including phenoxy) is 2. The number of aliphatic hydroxyl groups excluding tert-OH is 1. The fraction of sp³-hybridized carbons (Fsp3) is 0.286. The Kier molecular flexibility index (Phi) is 5.28. The number of methoxy groups -OCH3 is 1. The lowest BCUT2D eigenvalue weighted by molar-refractivity contribution is 0.0930. The summed E-state index contributed by atoms with van der Waals surface area (Å²) in [5.41, 5.74) is 2.82. The molecule has 3 aromatic rings. The van der Waals surface area contributed by atoms with Gasteiger partial charge in [-0.2, -0.15) is 4.98 Å². The van der Waals surface area contributed by atoms with E-state index in [1.807, 2.05) is 18.2 Å². The highest BCUT2D eigenvalue weighted by atomic mass is 16.5. The van der Waals surface area contributed by atoms with Gasteiger partial charge in [-0.1, -0.05) is 29.4 Å². The fourth-order valence-electron chi connectivity index (χ4n) is 3.20. The standard InChI is InChI=1S/C21H21N3O5/c1-12(25)13-4-3-5-15(8-13)21(26)22-17-10-28-18-9-14(6-7-16(17)18)20-23-19(11-27-2)29-24-20/h3-9,12,17,25H,10-11H2,1-2H3,(H,22,26)/t12?,17-/m1/s1. The number of benzene rings is 2. The Balaban J connectivity index is 1.50. The van der Waals surface area contributed by atoms with Crippen molar-refractivity contribution in [2.45, 2.75) is 25.7 Å². The topological polar surface area (TPSA) is 107 Å². The van der Waals surface area contributed by atoms with Crippen LogP contribution in [0.3, 0.4) is 0 Å². The highest BCUT2D eigenvalue weighted by Crippen LogP contribution is 2.35. The van der Waals surface area contributed by atoms with E-state index in [9.17, 15) is 9.90 Å². The maximum absolute atomic E-state index is 12.6. The molecule has 0 fully saturated rings. The SMILES string of the molecule is COCc1nc(-c2ccc3c(c2)OC[C@H]3NC(=O)c2cccc(C(C)O)c2)no1. The number of carbonyl (C=O) groups excluding carboxylic acids is 1. The van der Waals surface area contributed by atoms with E-state index < -0.39 is 6.10 Å². The van der Waals surface area contributed by atoms with Crippen LogP contribution in [0.1, 0.15) is 46.4 Å². The van der Waals surface area contributed by atoms with Gasteiger partial charge in [0, 0.05) is 23.8 Å². The number of aliphatic hydroxyl groups is 1. The first kappa shape index (κ1) is 19.1. The lowest BCUT2D eigenvalue weighted by Gasteiger charge is -2.13. The van der Waals surface area contributed by atoms with E-state index in [0.29, 0.717) is 35.2 Å². The van der Waals surface area contributed by atoms with Crippen LogP contribution < -0.4 is 10.1 Å². The van der Waals surface area contributed by atoms with Gasteiger partial charge in [-0.25, -0.2) is 0 Å². The van der Waals surface area contributed by atoms with Gasteiger partial charge < -0.3 is 24.4 Å². The molecule has 2 heterocycles. The monoisotopic (exact) mass is 395 g/mol. The highest BCUT2D eigenvalue weighted by Gasteiger charge is 2.27. The molecule has 0 saturated heterocycles. The molecule has 1 aliphatic rings. The summed E-state index contributed by atoms with van der Waals surface area (Å²) in [6.45, 7) is 2.25. The summed E-state index contributed by atoms with van der Waals surface area (Å²) in [6.07, 6.45) is -0.633. The van der Waals surface area contributed by atoms with Crippen LogP contribution in [0.15, 0.2) is 47.0 Å². The van der Waals surface area contributed by atoms with Crippen molar-refractivity contribution >= 4 is 5.91 Å². The average Bonchev–Trinajstić information content (AvgIpc) is 3.35. The van der Waals surface area contributed by atoms with E-state index in [-0.39, 0.29) is 18.6 Å². The molecule has 1 aliphatic heterocycles. The normalized spacial score (nSPS) is 16.2. The van der Waals surface area contributed by atoms with Crippen LogP contribution in [0.25, 0.3) is 11.4 Å². The summed E-state index contributed by atoms with van der Waals surface area (Å²) < 4.78 is 15.9. The summed E-state index contributed by atoms with van der Waals surface area (Å²) in [6, 6.07) is 12.3. The molecule has 4 rings (SSSR count). The van der Waals surface area contributed by atoms with E-state index in [1.165, 1.54) is 0 Å². The summed E-state index contributed by atoms with van der Waals surface area (Å²) in [5.74, 6) is 1.29. The predicted molar refractivity (Wildman–Crippen MR) is 103 cm³/mol. The van der Waals surface area contributed by atoms with Crippen molar-refractivity contribution < 1.29 is 23.9 Å². The van der Waals surface area contributed by atoms with E-state index in [2.05, 4.69) is 15.5 Å². The van der Waals surface area contributed by atoms with Crippen LogP contribution in [0.5, 0.6) is 5.75 Å². The van der Waals surface area contributed by atoms with Gasteiger partial charge in [0.05, 0.1) is 12.1 Å². The Morgan fingerprint density at radius 1 is 1.34 bits per heavy atom. The lowest BCUT2D eigenvalue weighted by atomic mass is 10.0. The highest BCUT2D eigenvalue weighted by molar-refractivity contribution is 5.94. The zero-order valence-corrected chi connectivity index (χ0v) is 16.1. The van der Waals surface area contributed by atoms with Gasteiger partial charge >= 0.3 is 0 Å². The molecular weight excluding hydrogens is 374 g/mol. The van der Waals surface area contributed by atoms with Crippen LogP contribution in [0.2, 0.25) is 0 Å². The third kappa shape index (κ3) is 3.98. The number of nitrogens with one attached hydrogen (secondary N) is 1. The number of aromatic nitrogens is 2. The van der Waals surface area contributed by atoms with Crippen LogP contribution in [0.4, 0.5) is 0 Å². The van der Waals surface area contributed by atoms with E-state index >= 15 is 0 Å². The Bertz CT molecular complexity index is 1030. The Hall–Kier alpha value is -3.23. The van der Waals surface area contributed by atoms with Crippen molar-refractivity contribution in [1.29, 1.82) is 0 Å². The summed E-state index contributed by atoms with van der Waals surface area (Å²) in [7, 11) is 1.56. The molecule has 150 valence electrons. The number of hydrogen-bond donors (Lipinski definition) is 2. The van der Waals surface area contributed by atoms with Crippen molar-refractivity contribution in [3.8, 4) is 17.1 Å². The molecule has 0 radical (unpaired) electrons. The van der Waals surface area contributed by atoms with Crippen molar-refractivity contribution in [3.05, 3.63) is 65.0 Å². The molecule has 29 heavy (non-hydrogen) atoms. The minimum absolute atomic E-state index is 0.222. The van der Waals surface area contributed by atoms with Crippen LogP contribution in [-0.2, 0) is 11.3 Å². The smallest absolute Gasteiger partial charge is 0.252 e. The van der Waals surface area contributed by atoms with E-state index in [4.69, 9.17) is 14.0 Å². The molecule has 0 saturated carbocycles. The zero-order valence-electron chi connectivity index (χ0n) is 16.1. The average molecular weight is 395 g/mol. The molecule has 0 spiro atoms. The maximum Gasteiger partial charge on any atom is 0.252 e. The molecule has 1 unspecified atom stereocenters. The number of hydrogen-bond acceptors (Lipinski definition) is 7. The first-order valence-electron chi connectivity index (χ1n) is 9.22. The summed E-state index contributed by atoms with van der Waals surface area (Å²) >= 11 is 0. The minimum atomic E-state index is -0.633. The zero-order chi connectivity index (χ0) is 20.4. The molecule has 1 amide bonds. The Morgan fingerprint density at radius 2 is 2.21 bits per heavy atom. The number of nitrogens with zero attached hydrogens (tertiary/aromatic N) is 2. The second-order valence-electron chi connectivity index (χ2n) is 6.84. The predicted octanol–water partition coefficient (Wildman–Crippen LogP) is 2.80. The Labute approximate surface area is 167 Å². The second kappa shape index (κ2) is 8.02. The maximum atomic E-state index is 12.6. The molecule has 2 N–H and O–H groups in total. The largest absolute Gasteiger partial charge is 0.491 e. The summed E-state index contributed by atoms with van der Waals surface area (Å²) in [4.78, 5) is 16.9. The van der Waals surface area contributed by atoms with E-state index in [0.717, 1.165) is 11.1 Å². The second-order valence-corrected chi connectivity index (χ2v) is 6.84. The molecule has 0 aliphatic carbocycles. The third-order valence-electron chi connectivity index (χ3n) is 4.73. The Morgan fingerprint density at radius 3 is 3.00 bits per heavy atom. The quantitative estimate of drug-likeness (QED) is 0.661. The third-order valence-corrected chi connectivity index (χ3v) is 4.73. The molecule has 8 heteroatoms. The van der Waals surface area contributed by atoms with Crippen LogP contribution in [0, 0.1) is 0 Å². The lowest BCUT2D eigenvalue weighted by Crippen LogP contribution is -2.29. The van der Waals surface area contributed by atoms with E-state index in [1.54, 1.807) is 38.3 Å². The first-order valence-corrected chi connectivity index (χ1v) is 9.22. The van der Waals surface area contributed by atoms with Crippen molar-refractivity contribution in [1.82, 2.24) is 15.5 Å². The molecule has 2 aromatic carbocycles.